The maximum absolute atomic E-state index is 10.9. The molecule has 0 unspecified atom stereocenters. The Morgan fingerprint density at radius 3 is 2.58 bits per heavy atom. The van der Waals surface area contributed by atoms with E-state index in [4.69, 9.17) is 10.2 Å². The molecule has 1 saturated heterocycles. The van der Waals surface area contributed by atoms with E-state index in [9.17, 15) is 4.79 Å². The minimum Gasteiger partial charge on any atom is -0.477 e. The van der Waals surface area contributed by atoms with Crippen LogP contribution in [0.25, 0.3) is 0 Å². The van der Waals surface area contributed by atoms with Crippen LogP contribution in [0.2, 0.25) is 0 Å². The van der Waals surface area contributed by atoms with E-state index < -0.39 is 5.97 Å². The second kappa shape index (κ2) is 7.56. The van der Waals surface area contributed by atoms with Gasteiger partial charge in [0.2, 0.25) is 0 Å². The van der Waals surface area contributed by atoms with Crippen molar-refractivity contribution >= 4 is 33.9 Å². The van der Waals surface area contributed by atoms with Gasteiger partial charge < -0.3 is 20.4 Å². The van der Waals surface area contributed by atoms with E-state index in [0.717, 1.165) is 49.7 Å². The lowest BCUT2D eigenvalue weighted by Crippen LogP contribution is -2.47. The molecule has 3 rings (SSSR count). The number of anilines is 3. The number of rotatable bonds is 6. The second-order valence-corrected chi connectivity index (χ2v) is 6.44. The lowest BCUT2D eigenvalue weighted by Gasteiger charge is -2.35. The Labute approximate surface area is 143 Å². The maximum Gasteiger partial charge on any atom is 0.347 e. The fourth-order valence-corrected chi connectivity index (χ4v) is 3.22. The zero-order valence-corrected chi connectivity index (χ0v) is 13.9. The number of nitrogens with one attached hydrogen (secondary N) is 1. The number of piperazine rings is 1. The predicted molar refractivity (Wildman–Crippen MR) is 92.3 cm³/mol. The summed E-state index contributed by atoms with van der Waals surface area (Å²) >= 11 is 1.07. The van der Waals surface area contributed by atoms with Crippen molar-refractivity contribution in [1.82, 2.24) is 14.9 Å². The summed E-state index contributed by atoms with van der Waals surface area (Å²) in [5, 5.41) is 21.4. The van der Waals surface area contributed by atoms with Gasteiger partial charge in [0.05, 0.1) is 24.7 Å². The van der Waals surface area contributed by atoms with Gasteiger partial charge in [0.1, 0.15) is 10.7 Å². The highest BCUT2D eigenvalue weighted by molar-refractivity contribution is 7.17. The second-order valence-electron chi connectivity index (χ2n) is 5.41. The zero-order chi connectivity index (χ0) is 16.9. The van der Waals surface area contributed by atoms with Crippen molar-refractivity contribution in [2.24, 2.45) is 0 Å². The molecule has 8 nitrogen and oxygen atoms in total. The Hall–Kier alpha value is -2.23. The molecule has 2 aromatic rings. The average molecular weight is 349 g/mol. The summed E-state index contributed by atoms with van der Waals surface area (Å²) in [5.74, 6) is -0.354. The lowest BCUT2D eigenvalue weighted by molar-refractivity contribution is 0.0702. The van der Waals surface area contributed by atoms with Crippen LogP contribution in [0.5, 0.6) is 0 Å². The molecule has 0 radical (unpaired) electrons. The van der Waals surface area contributed by atoms with Crippen molar-refractivity contribution in [2.75, 3.05) is 49.5 Å². The van der Waals surface area contributed by atoms with Crippen molar-refractivity contribution in [3.63, 3.8) is 0 Å². The highest BCUT2D eigenvalue weighted by Crippen LogP contribution is 2.23. The number of carbonyl (C=O) groups is 1. The molecule has 128 valence electrons. The molecule has 0 spiro atoms. The Kier molecular flexibility index (Phi) is 5.24. The summed E-state index contributed by atoms with van der Waals surface area (Å²) in [6.07, 6.45) is 3.13. The van der Waals surface area contributed by atoms with E-state index >= 15 is 0 Å². The van der Waals surface area contributed by atoms with Gasteiger partial charge in [0, 0.05) is 32.7 Å². The number of carboxylic acids is 1. The first kappa shape index (κ1) is 16.6. The molecule has 0 bridgehead atoms. The zero-order valence-electron chi connectivity index (χ0n) is 13.1. The number of aliphatic hydroxyl groups excluding tert-OH is 1. The normalized spacial score (nSPS) is 15.5. The van der Waals surface area contributed by atoms with Gasteiger partial charge in [0.15, 0.2) is 5.13 Å². The molecule has 0 amide bonds. The topological polar surface area (TPSA) is 102 Å². The smallest absolute Gasteiger partial charge is 0.347 e. The van der Waals surface area contributed by atoms with Crippen molar-refractivity contribution in [1.29, 1.82) is 0 Å². The van der Waals surface area contributed by atoms with Gasteiger partial charge in [-0.25, -0.2) is 14.8 Å². The van der Waals surface area contributed by atoms with Gasteiger partial charge in [-0.3, -0.25) is 4.90 Å². The predicted octanol–water partition coefficient (Wildman–Crippen LogP) is 1.09. The summed E-state index contributed by atoms with van der Waals surface area (Å²) in [5.41, 5.74) is 1.05. The van der Waals surface area contributed by atoms with Crippen LogP contribution < -0.4 is 10.2 Å². The van der Waals surface area contributed by atoms with Crippen LogP contribution in [0.1, 0.15) is 9.67 Å². The molecule has 1 fully saturated rings. The minimum absolute atomic E-state index is 0.190. The summed E-state index contributed by atoms with van der Waals surface area (Å²) in [6, 6.07) is 3.85. The Bertz CT molecular complexity index is 683. The number of hydrogen-bond acceptors (Lipinski definition) is 8. The quantitative estimate of drug-likeness (QED) is 0.712. The van der Waals surface area contributed by atoms with E-state index in [1.54, 1.807) is 6.20 Å². The van der Waals surface area contributed by atoms with Crippen molar-refractivity contribution in [3.8, 4) is 0 Å². The Balaban J connectivity index is 1.58. The van der Waals surface area contributed by atoms with Crippen molar-refractivity contribution in [3.05, 3.63) is 29.4 Å². The van der Waals surface area contributed by atoms with E-state index in [2.05, 4.69) is 25.1 Å². The summed E-state index contributed by atoms with van der Waals surface area (Å²) < 4.78 is 0. The molecule has 0 saturated carbocycles. The fourth-order valence-electron chi connectivity index (χ4n) is 2.56. The number of hydrogen-bond donors (Lipinski definition) is 3. The standard InChI is InChI=1S/C15H19N5O3S/c21-8-7-19-3-5-20(6-4-19)11-1-2-13(16-9-11)18-15-17-10-12(24-15)14(22)23/h1-2,9-10,21H,3-8H2,(H,22,23)(H,16,17,18). The largest absolute Gasteiger partial charge is 0.477 e. The molecular formula is C15H19N5O3S. The first-order valence-electron chi connectivity index (χ1n) is 7.66. The summed E-state index contributed by atoms with van der Waals surface area (Å²) in [7, 11) is 0. The summed E-state index contributed by atoms with van der Waals surface area (Å²) in [4.78, 5) is 23.9. The van der Waals surface area contributed by atoms with E-state index in [0.29, 0.717) is 10.9 Å². The lowest BCUT2D eigenvalue weighted by atomic mass is 10.2. The van der Waals surface area contributed by atoms with Crippen LogP contribution >= 0.6 is 11.3 Å². The number of aromatic carboxylic acids is 1. The first-order chi connectivity index (χ1) is 11.7. The molecular weight excluding hydrogens is 330 g/mol. The monoisotopic (exact) mass is 349 g/mol. The van der Waals surface area contributed by atoms with E-state index in [-0.39, 0.29) is 11.5 Å². The van der Waals surface area contributed by atoms with Crippen LogP contribution in [0.4, 0.5) is 16.6 Å². The van der Waals surface area contributed by atoms with Gasteiger partial charge in [-0.15, -0.1) is 0 Å². The molecule has 0 aromatic carbocycles. The van der Waals surface area contributed by atoms with Gasteiger partial charge >= 0.3 is 5.97 Å². The fraction of sp³-hybridized carbons (Fsp3) is 0.400. The van der Waals surface area contributed by atoms with Crippen molar-refractivity contribution < 1.29 is 15.0 Å². The molecule has 3 heterocycles. The highest BCUT2D eigenvalue weighted by Gasteiger charge is 2.17. The van der Waals surface area contributed by atoms with Gasteiger partial charge in [-0.05, 0) is 12.1 Å². The molecule has 24 heavy (non-hydrogen) atoms. The minimum atomic E-state index is -0.982. The number of thiazole rings is 1. The van der Waals surface area contributed by atoms with Crippen LogP contribution in [0.3, 0.4) is 0 Å². The van der Waals surface area contributed by atoms with Gasteiger partial charge in [0.25, 0.3) is 0 Å². The van der Waals surface area contributed by atoms with E-state index in [1.165, 1.54) is 6.20 Å². The number of nitrogens with zero attached hydrogens (tertiary/aromatic N) is 4. The van der Waals surface area contributed by atoms with Crippen molar-refractivity contribution in [2.45, 2.75) is 0 Å². The number of aromatic nitrogens is 2. The van der Waals surface area contributed by atoms with E-state index in [1.807, 2.05) is 12.1 Å². The molecule has 0 aliphatic carbocycles. The molecule has 1 aliphatic heterocycles. The highest BCUT2D eigenvalue weighted by atomic mass is 32.1. The maximum atomic E-state index is 10.9. The number of pyridine rings is 1. The third-order valence-electron chi connectivity index (χ3n) is 3.85. The molecule has 0 atom stereocenters. The Morgan fingerprint density at radius 2 is 2.00 bits per heavy atom. The Morgan fingerprint density at radius 1 is 1.21 bits per heavy atom. The summed E-state index contributed by atoms with van der Waals surface area (Å²) in [6.45, 7) is 4.59. The van der Waals surface area contributed by atoms with Crippen LogP contribution in [0, 0.1) is 0 Å². The van der Waals surface area contributed by atoms with Gasteiger partial charge in [-0.1, -0.05) is 11.3 Å². The third kappa shape index (κ3) is 3.99. The molecule has 9 heteroatoms. The molecule has 1 aliphatic rings. The van der Waals surface area contributed by atoms with Crippen LogP contribution in [-0.4, -0.2) is 70.4 Å². The van der Waals surface area contributed by atoms with Crippen LogP contribution in [-0.2, 0) is 0 Å². The third-order valence-corrected chi connectivity index (χ3v) is 4.75. The molecule has 2 aromatic heterocycles. The number of β-amino-alcohol motifs (C(OH)–C–C–N with tert-alkyl or cyclic N) is 1. The number of aliphatic hydroxyl groups is 1. The van der Waals surface area contributed by atoms with Gasteiger partial charge in [-0.2, -0.15) is 0 Å². The first-order valence-corrected chi connectivity index (χ1v) is 8.48. The average Bonchev–Trinajstić information content (AvgIpc) is 3.06. The number of carboxylic acid groups (broad SMARTS) is 1. The van der Waals surface area contributed by atoms with Crippen LogP contribution in [0.15, 0.2) is 24.5 Å². The SMILES string of the molecule is O=C(O)c1cnc(Nc2ccc(N3CCN(CCO)CC3)cn2)s1. The molecule has 3 N–H and O–H groups in total.